The summed E-state index contributed by atoms with van der Waals surface area (Å²) in [7, 11) is 0. The topological polar surface area (TPSA) is 21.6 Å². The van der Waals surface area contributed by atoms with Crippen LogP contribution in [0.4, 0.5) is 5.69 Å². The first-order chi connectivity index (χ1) is 11.2. The van der Waals surface area contributed by atoms with Crippen LogP contribution in [0.1, 0.15) is 37.3 Å². The van der Waals surface area contributed by atoms with Crippen molar-refractivity contribution in [1.29, 1.82) is 0 Å². The van der Waals surface area contributed by atoms with Crippen LogP contribution in [-0.2, 0) is 4.74 Å². The SMILES string of the molecule is CCCC/C(I)=C1/OC(c2ccc(Cl)cc2)=Nc2ccccc21. The second-order valence-electron chi connectivity index (χ2n) is 5.38. The van der Waals surface area contributed by atoms with Crippen molar-refractivity contribution in [3.8, 4) is 0 Å². The molecule has 0 aromatic heterocycles. The highest BCUT2D eigenvalue weighted by Crippen LogP contribution is 2.38. The fourth-order valence-corrected chi connectivity index (χ4v) is 3.32. The van der Waals surface area contributed by atoms with Gasteiger partial charge in [0.2, 0.25) is 5.90 Å². The van der Waals surface area contributed by atoms with Gasteiger partial charge in [0.1, 0.15) is 5.76 Å². The lowest BCUT2D eigenvalue weighted by Crippen LogP contribution is -2.11. The van der Waals surface area contributed by atoms with Crippen LogP contribution in [0.3, 0.4) is 0 Å². The number of para-hydroxylation sites is 1. The Labute approximate surface area is 155 Å². The van der Waals surface area contributed by atoms with E-state index in [9.17, 15) is 0 Å². The zero-order valence-electron chi connectivity index (χ0n) is 12.9. The normalized spacial score (nSPS) is 15.5. The molecular formula is C19H17ClINO. The molecule has 0 bridgehead atoms. The zero-order valence-corrected chi connectivity index (χ0v) is 15.8. The molecule has 1 aliphatic heterocycles. The van der Waals surface area contributed by atoms with E-state index in [-0.39, 0.29) is 0 Å². The summed E-state index contributed by atoms with van der Waals surface area (Å²) in [6.07, 6.45) is 3.34. The van der Waals surface area contributed by atoms with Gasteiger partial charge in [0.05, 0.1) is 5.69 Å². The van der Waals surface area contributed by atoms with Crippen molar-refractivity contribution in [2.24, 2.45) is 4.99 Å². The smallest absolute Gasteiger partial charge is 0.227 e. The number of fused-ring (bicyclic) bond motifs is 1. The molecular weight excluding hydrogens is 421 g/mol. The number of hydrogen-bond acceptors (Lipinski definition) is 2. The van der Waals surface area contributed by atoms with Crippen LogP contribution in [0, 0.1) is 0 Å². The van der Waals surface area contributed by atoms with E-state index in [1.807, 2.05) is 42.5 Å². The molecule has 4 heteroatoms. The lowest BCUT2D eigenvalue weighted by Gasteiger charge is -2.21. The second-order valence-corrected chi connectivity index (χ2v) is 7.12. The Morgan fingerprint density at radius 1 is 1.13 bits per heavy atom. The minimum atomic E-state index is 0.626. The number of ether oxygens (including phenoxy) is 1. The molecule has 0 saturated heterocycles. The number of aliphatic imine (C=N–C) groups is 1. The third-order valence-electron chi connectivity index (χ3n) is 3.66. The molecule has 0 amide bonds. The molecule has 0 unspecified atom stereocenters. The summed E-state index contributed by atoms with van der Waals surface area (Å²) >= 11 is 8.37. The van der Waals surface area contributed by atoms with E-state index in [4.69, 9.17) is 16.3 Å². The maximum Gasteiger partial charge on any atom is 0.227 e. The Balaban J connectivity index is 2.05. The average molecular weight is 438 g/mol. The van der Waals surface area contributed by atoms with Gasteiger partial charge in [0.15, 0.2) is 0 Å². The van der Waals surface area contributed by atoms with Gasteiger partial charge in [0.25, 0.3) is 0 Å². The number of benzene rings is 2. The molecule has 3 rings (SSSR count). The molecule has 0 saturated carbocycles. The van der Waals surface area contributed by atoms with Crippen molar-refractivity contribution in [3.05, 3.63) is 68.3 Å². The second kappa shape index (κ2) is 7.49. The van der Waals surface area contributed by atoms with E-state index in [2.05, 4.69) is 40.6 Å². The predicted octanol–water partition coefficient (Wildman–Crippen LogP) is 6.74. The van der Waals surface area contributed by atoms with Crippen LogP contribution in [0.2, 0.25) is 5.02 Å². The van der Waals surface area contributed by atoms with Gasteiger partial charge < -0.3 is 4.74 Å². The van der Waals surface area contributed by atoms with E-state index < -0.39 is 0 Å². The third-order valence-corrected chi connectivity index (χ3v) is 4.94. The van der Waals surface area contributed by atoms with Crippen molar-refractivity contribution >= 4 is 51.5 Å². The van der Waals surface area contributed by atoms with Crippen molar-refractivity contribution in [1.82, 2.24) is 0 Å². The fourth-order valence-electron chi connectivity index (χ4n) is 2.41. The van der Waals surface area contributed by atoms with Gasteiger partial charge >= 0.3 is 0 Å². The maximum atomic E-state index is 6.18. The van der Waals surface area contributed by atoms with Gasteiger partial charge in [-0.25, -0.2) is 4.99 Å². The van der Waals surface area contributed by atoms with Gasteiger partial charge in [-0.3, -0.25) is 0 Å². The predicted molar refractivity (Wildman–Crippen MR) is 106 cm³/mol. The molecule has 0 spiro atoms. The fraction of sp³-hybridized carbons (Fsp3) is 0.211. The molecule has 0 atom stereocenters. The Kier molecular flexibility index (Phi) is 5.38. The summed E-state index contributed by atoms with van der Waals surface area (Å²) in [6, 6.07) is 15.7. The molecule has 2 nitrogen and oxygen atoms in total. The third kappa shape index (κ3) is 3.78. The number of hydrogen-bond donors (Lipinski definition) is 0. The Hall–Kier alpha value is -1.33. The van der Waals surface area contributed by atoms with Gasteiger partial charge in [0, 0.05) is 19.7 Å². The minimum Gasteiger partial charge on any atom is -0.437 e. The van der Waals surface area contributed by atoms with E-state index in [1.165, 1.54) is 10.0 Å². The summed E-state index contributed by atoms with van der Waals surface area (Å²) in [4.78, 5) is 4.67. The highest BCUT2D eigenvalue weighted by molar-refractivity contribution is 14.1. The zero-order chi connectivity index (χ0) is 16.2. The number of rotatable bonds is 4. The molecule has 0 fully saturated rings. The van der Waals surface area contributed by atoms with Crippen LogP contribution in [0.5, 0.6) is 0 Å². The van der Waals surface area contributed by atoms with Crippen LogP contribution in [-0.4, -0.2) is 5.90 Å². The first-order valence-corrected chi connectivity index (χ1v) is 9.15. The van der Waals surface area contributed by atoms with Crippen molar-refractivity contribution in [3.63, 3.8) is 0 Å². The lowest BCUT2D eigenvalue weighted by atomic mass is 10.1. The monoisotopic (exact) mass is 437 g/mol. The van der Waals surface area contributed by atoms with Crippen molar-refractivity contribution in [2.75, 3.05) is 0 Å². The molecule has 2 aromatic carbocycles. The molecule has 23 heavy (non-hydrogen) atoms. The summed E-state index contributed by atoms with van der Waals surface area (Å²) < 4.78 is 7.41. The van der Waals surface area contributed by atoms with Gasteiger partial charge in [-0.15, -0.1) is 0 Å². The average Bonchev–Trinajstić information content (AvgIpc) is 2.59. The number of unbranched alkanes of at least 4 members (excludes halogenated alkanes) is 1. The number of halogens is 2. The van der Waals surface area contributed by atoms with Crippen LogP contribution in [0.25, 0.3) is 5.76 Å². The Morgan fingerprint density at radius 2 is 1.87 bits per heavy atom. The number of nitrogens with zero attached hydrogens (tertiary/aromatic N) is 1. The Morgan fingerprint density at radius 3 is 2.61 bits per heavy atom. The molecule has 2 aromatic rings. The molecule has 1 heterocycles. The maximum absolute atomic E-state index is 6.18. The van der Waals surface area contributed by atoms with E-state index in [0.29, 0.717) is 10.9 Å². The van der Waals surface area contributed by atoms with Crippen LogP contribution < -0.4 is 0 Å². The van der Waals surface area contributed by atoms with Crippen LogP contribution in [0.15, 0.2) is 57.1 Å². The molecule has 0 aliphatic carbocycles. The highest BCUT2D eigenvalue weighted by Gasteiger charge is 2.21. The largest absolute Gasteiger partial charge is 0.437 e. The lowest BCUT2D eigenvalue weighted by molar-refractivity contribution is 0.500. The van der Waals surface area contributed by atoms with Crippen LogP contribution >= 0.6 is 34.2 Å². The molecule has 1 aliphatic rings. The number of allylic oxidation sites excluding steroid dienone is 1. The van der Waals surface area contributed by atoms with E-state index in [1.54, 1.807) is 0 Å². The van der Waals surface area contributed by atoms with E-state index in [0.717, 1.165) is 35.4 Å². The minimum absolute atomic E-state index is 0.626. The first-order valence-electron chi connectivity index (χ1n) is 7.69. The van der Waals surface area contributed by atoms with E-state index >= 15 is 0 Å². The van der Waals surface area contributed by atoms with Gasteiger partial charge in [-0.1, -0.05) is 37.1 Å². The standard InChI is InChI=1S/C19H17ClINO/c1-2-3-7-16(21)18-15-6-4-5-8-17(15)22-19(23-18)13-9-11-14(20)12-10-13/h4-6,8-12H,2-3,7H2,1H3/b18-16-. The van der Waals surface area contributed by atoms with Crippen molar-refractivity contribution < 1.29 is 4.74 Å². The van der Waals surface area contributed by atoms with Crippen molar-refractivity contribution in [2.45, 2.75) is 26.2 Å². The quantitative estimate of drug-likeness (QED) is 0.485. The van der Waals surface area contributed by atoms with Gasteiger partial charge in [-0.2, -0.15) is 0 Å². The summed E-state index contributed by atoms with van der Waals surface area (Å²) in [5.74, 6) is 1.55. The molecule has 118 valence electrons. The van der Waals surface area contributed by atoms with Gasteiger partial charge in [-0.05, 0) is 71.8 Å². The molecule has 0 radical (unpaired) electrons. The Bertz CT molecular complexity index is 765. The first kappa shape index (κ1) is 16.5. The highest BCUT2D eigenvalue weighted by atomic mass is 127. The molecule has 0 N–H and O–H groups in total. The summed E-state index contributed by atoms with van der Waals surface area (Å²) in [5.41, 5.74) is 2.94. The summed E-state index contributed by atoms with van der Waals surface area (Å²) in [6.45, 7) is 2.20. The summed E-state index contributed by atoms with van der Waals surface area (Å²) in [5, 5.41) is 0.707.